The maximum Gasteiger partial charge on any atom is 0.407 e. The minimum Gasteiger partial charge on any atom is -0.450 e. The first kappa shape index (κ1) is 16.3. The zero-order valence-corrected chi connectivity index (χ0v) is 13.1. The van der Waals surface area contributed by atoms with E-state index < -0.39 is 6.09 Å². The van der Waals surface area contributed by atoms with Gasteiger partial charge < -0.3 is 15.0 Å². The van der Waals surface area contributed by atoms with E-state index >= 15 is 0 Å². The molecule has 22 heavy (non-hydrogen) atoms. The van der Waals surface area contributed by atoms with Crippen LogP contribution in [0.25, 0.3) is 0 Å². The molecule has 2 rings (SSSR count). The molecule has 1 heterocycles. The smallest absolute Gasteiger partial charge is 0.407 e. The molecule has 0 unspecified atom stereocenters. The Morgan fingerprint density at radius 2 is 2.09 bits per heavy atom. The number of rotatable bonds is 5. The molecule has 5 heteroatoms. The van der Waals surface area contributed by atoms with Gasteiger partial charge in [0, 0.05) is 25.6 Å². The largest absolute Gasteiger partial charge is 0.450 e. The van der Waals surface area contributed by atoms with Gasteiger partial charge in [-0.05, 0) is 31.7 Å². The fourth-order valence-corrected chi connectivity index (χ4v) is 2.71. The molecule has 1 atom stereocenters. The van der Waals surface area contributed by atoms with Gasteiger partial charge in [0.15, 0.2) is 0 Å². The summed E-state index contributed by atoms with van der Waals surface area (Å²) in [5.41, 5.74) is 1.18. The molecule has 5 nitrogen and oxygen atoms in total. The first-order chi connectivity index (χ1) is 10.7. The van der Waals surface area contributed by atoms with E-state index in [4.69, 9.17) is 4.74 Å². The first-order valence-electron chi connectivity index (χ1n) is 7.94. The Morgan fingerprint density at radius 3 is 2.82 bits per heavy atom. The van der Waals surface area contributed by atoms with Crippen LogP contribution in [0.5, 0.6) is 0 Å². The van der Waals surface area contributed by atoms with E-state index in [0.29, 0.717) is 19.6 Å². The highest BCUT2D eigenvalue weighted by Crippen LogP contribution is 2.13. The van der Waals surface area contributed by atoms with E-state index in [0.717, 1.165) is 25.8 Å². The highest BCUT2D eigenvalue weighted by atomic mass is 16.5. The first-order valence-corrected chi connectivity index (χ1v) is 7.94. The van der Waals surface area contributed by atoms with Crippen molar-refractivity contribution in [2.75, 3.05) is 19.7 Å². The quantitative estimate of drug-likeness (QED) is 0.908. The van der Waals surface area contributed by atoms with E-state index in [1.807, 2.05) is 35.2 Å². The number of likely N-dealkylation sites (tertiary alicyclic amines) is 1. The molecule has 1 N–H and O–H groups in total. The van der Waals surface area contributed by atoms with Crippen LogP contribution in [0.2, 0.25) is 0 Å². The number of nitrogens with zero attached hydrogens (tertiary/aromatic N) is 1. The highest BCUT2D eigenvalue weighted by molar-refractivity contribution is 5.76. The topological polar surface area (TPSA) is 58.6 Å². The normalized spacial score (nSPS) is 17.9. The Bertz CT molecular complexity index is 490. The van der Waals surface area contributed by atoms with E-state index in [1.165, 1.54) is 5.56 Å². The summed E-state index contributed by atoms with van der Waals surface area (Å²) in [5.74, 6) is 0.152. The minimum atomic E-state index is -0.397. The van der Waals surface area contributed by atoms with Gasteiger partial charge in [-0.3, -0.25) is 4.79 Å². The van der Waals surface area contributed by atoms with Crippen molar-refractivity contribution in [1.29, 1.82) is 0 Å². The second-order valence-electron chi connectivity index (χ2n) is 5.53. The number of benzene rings is 1. The lowest BCUT2D eigenvalue weighted by molar-refractivity contribution is -0.132. The van der Waals surface area contributed by atoms with Crippen molar-refractivity contribution < 1.29 is 14.3 Å². The maximum absolute atomic E-state index is 12.3. The number of carbonyl (C=O) groups excluding carboxylic acids is 2. The van der Waals surface area contributed by atoms with E-state index in [1.54, 1.807) is 6.92 Å². The zero-order valence-electron chi connectivity index (χ0n) is 13.1. The summed E-state index contributed by atoms with van der Waals surface area (Å²) in [5, 5.41) is 2.82. The van der Waals surface area contributed by atoms with Gasteiger partial charge >= 0.3 is 6.09 Å². The van der Waals surface area contributed by atoms with Gasteiger partial charge in [0.1, 0.15) is 0 Å². The summed E-state index contributed by atoms with van der Waals surface area (Å²) in [7, 11) is 0. The summed E-state index contributed by atoms with van der Waals surface area (Å²) >= 11 is 0. The molecule has 120 valence electrons. The average Bonchev–Trinajstić information content (AvgIpc) is 2.54. The van der Waals surface area contributed by atoms with Crippen molar-refractivity contribution in [1.82, 2.24) is 10.2 Å². The molecular weight excluding hydrogens is 280 g/mol. The number of hydrogen-bond donors (Lipinski definition) is 1. The summed E-state index contributed by atoms with van der Waals surface area (Å²) < 4.78 is 4.89. The molecule has 2 amide bonds. The average molecular weight is 304 g/mol. The number of alkyl carbamates (subject to hydrolysis) is 1. The fourth-order valence-electron chi connectivity index (χ4n) is 2.71. The number of aryl methyl sites for hydroxylation is 1. The van der Waals surface area contributed by atoms with Crippen LogP contribution in [0.3, 0.4) is 0 Å². The molecule has 0 bridgehead atoms. The number of piperidine rings is 1. The van der Waals surface area contributed by atoms with Crippen molar-refractivity contribution in [2.45, 2.75) is 38.6 Å². The zero-order chi connectivity index (χ0) is 15.8. The molecule has 1 aliphatic rings. The third-order valence-corrected chi connectivity index (χ3v) is 3.84. The fraction of sp³-hybridized carbons (Fsp3) is 0.529. The predicted molar refractivity (Wildman–Crippen MR) is 84.5 cm³/mol. The molecule has 0 aliphatic carbocycles. The van der Waals surface area contributed by atoms with Gasteiger partial charge in [0.2, 0.25) is 5.91 Å². The summed E-state index contributed by atoms with van der Waals surface area (Å²) in [4.78, 5) is 25.6. The Hall–Kier alpha value is -2.04. The van der Waals surface area contributed by atoms with Crippen LogP contribution in [0, 0.1) is 0 Å². The lowest BCUT2D eigenvalue weighted by Crippen LogP contribution is -2.49. The van der Waals surface area contributed by atoms with Gasteiger partial charge in [-0.1, -0.05) is 30.3 Å². The molecular formula is C17H24N2O3. The Labute approximate surface area is 131 Å². The molecule has 1 fully saturated rings. The van der Waals surface area contributed by atoms with Gasteiger partial charge in [-0.2, -0.15) is 0 Å². The SMILES string of the molecule is CCOC(=O)N[C@@H]1CCCN(C(=O)CCc2ccccc2)C1. The molecule has 0 aromatic heterocycles. The number of amides is 2. The molecule has 1 aromatic carbocycles. The van der Waals surface area contributed by atoms with Crippen molar-refractivity contribution >= 4 is 12.0 Å². The van der Waals surface area contributed by atoms with E-state index in [-0.39, 0.29) is 11.9 Å². The van der Waals surface area contributed by atoms with Crippen molar-refractivity contribution in [3.8, 4) is 0 Å². The molecule has 1 saturated heterocycles. The van der Waals surface area contributed by atoms with Crippen molar-refractivity contribution in [3.05, 3.63) is 35.9 Å². The van der Waals surface area contributed by atoms with Crippen molar-refractivity contribution in [2.24, 2.45) is 0 Å². The number of nitrogens with one attached hydrogen (secondary N) is 1. The Morgan fingerprint density at radius 1 is 1.32 bits per heavy atom. The lowest BCUT2D eigenvalue weighted by atomic mass is 10.0. The molecule has 0 saturated carbocycles. The number of carbonyl (C=O) groups is 2. The van der Waals surface area contributed by atoms with E-state index in [9.17, 15) is 9.59 Å². The monoisotopic (exact) mass is 304 g/mol. The number of hydrogen-bond acceptors (Lipinski definition) is 3. The second kappa shape index (κ2) is 8.41. The third kappa shape index (κ3) is 5.06. The van der Waals surface area contributed by atoms with E-state index in [2.05, 4.69) is 5.32 Å². The van der Waals surface area contributed by atoms with Crippen LogP contribution in [0.4, 0.5) is 4.79 Å². The summed E-state index contributed by atoms with van der Waals surface area (Å²) in [6, 6.07) is 10.0. The number of ether oxygens (including phenoxy) is 1. The van der Waals surface area contributed by atoms with Crippen molar-refractivity contribution in [3.63, 3.8) is 0 Å². The van der Waals surface area contributed by atoms with Crippen LogP contribution >= 0.6 is 0 Å². The maximum atomic E-state index is 12.3. The molecule has 0 spiro atoms. The Balaban J connectivity index is 1.78. The van der Waals surface area contributed by atoms with Gasteiger partial charge in [-0.25, -0.2) is 4.79 Å². The highest BCUT2D eigenvalue weighted by Gasteiger charge is 2.24. The van der Waals surface area contributed by atoms with Crippen LogP contribution < -0.4 is 5.32 Å². The van der Waals surface area contributed by atoms with Crippen LogP contribution in [-0.2, 0) is 16.0 Å². The lowest BCUT2D eigenvalue weighted by Gasteiger charge is -2.33. The van der Waals surface area contributed by atoms with Crippen LogP contribution in [0.1, 0.15) is 31.7 Å². The minimum absolute atomic E-state index is 0.00604. The standard InChI is InChI=1S/C17H24N2O3/c1-2-22-17(21)18-15-9-6-12-19(13-15)16(20)11-10-14-7-4-3-5-8-14/h3-5,7-8,15H,2,6,9-13H2,1H3,(H,18,21)/t15-/m1/s1. The molecule has 1 aromatic rings. The van der Waals surface area contributed by atoms with Crippen LogP contribution in [-0.4, -0.2) is 42.6 Å². The molecule has 1 aliphatic heterocycles. The second-order valence-corrected chi connectivity index (χ2v) is 5.53. The van der Waals surface area contributed by atoms with Crippen LogP contribution in [0.15, 0.2) is 30.3 Å². The molecule has 0 radical (unpaired) electrons. The van der Waals surface area contributed by atoms with Gasteiger partial charge in [0.25, 0.3) is 0 Å². The predicted octanol–water partition coefficient (Wildman–Crippen LogP) is 2.36. The van der Waals surface area contributed by atoms with Gasteiger partial charge in [0.05, 0.1) is 6.61 Å². The van der Waals surface area contributed by atoms with Gasteiger partial charge in [-0.15, -0.1) is 0 Å². The third-order valence-electron chi connectivity index (χ3n) is 3.84. The summed E-state index contributed by atoms with van der Waals surface area (Å²) in [6.07, 6.45) is 2.67. The Kier molecular flexibility index (Phi) is 6.25. The summed E-state index contributed by atoms with van der Waals surface area (Å²) in [6.45, 7) is 3.49.